The van der Waals surface area contributed by atoms with Crippen LogP contribution in [0.4, 0.5) is 5.69 Å². The van der Waals surface area contributed by atoms with Crippen LogP contribution in [0.1, 0.15) is 10.4 Å². The molecule has 0 aliphatic rings. The van der Waals surface area contributed by atoms with Crippen LogP contribution in [0.15, 0.2) is 45.3 Å². The van der Waals surface area contributed by atoms with E-state index in [-0.39, 0.29) is 11.0 Å². The van der Waals surface area contributed by atoms with E-state index in [2.05, 4.69) is 65.1 Å². The van der Waals surface area contributed by atoms with Crippen molar-refractivity contribution in [1.82, 2.24) is 5.32 Å². The Bertz CT molecular complexity index is 754. The monoisotopic (exact) mass is 568 g/mol. The number of anilines is 1. The quantitative estimate of drug-likeness (QED) is 0.406. The van der Waals surface area contributed by atoms with E-state index < -0.39 is 0 Å². The molecule has 120 valence electrons. The highest BCUT2D eigenvalue weighted by Gasteiger charge is 2.17. The van der Waals surface area contributed by atoms with E-state index in [9.17, 15) is 4.79 Å². The Morgan fingerprint density at radius 1 is 1.22 bits per heavy atom. The minimum atomic E-state index is -0.355. The number of halogens is 3. The maximum Gasteiger partial charge on any atom is 0.261 e. The van der Waals surface area contributed by atoms with E-state index in [1.165, 1.54) is 7.11 Å². The van der Waals surface area contributed by atoms with Crippen LogP contribution < -0.4 is 15.4 Å². The highest BCUT2D eigenvalue weighted by Crippen LogP contribution is 2.32. The summed E-state index contributed by atoms with van der Waals surface area (Å²) >= 11 is 14.1. The molecule has 4 nitrogen and oxygen atoms in total. The minimum absolute atomic E-state index is 0.217. The Morgan fingerprint density at radius 3 is 2.48 bits per heavy atom. The van der Waals surface area contributed by atoms with Gasteiger partial charge in [-0.2, -0.15) is 0 Å². The van der Waals surface area contributed by atoms with Gasteiger partial charge in [0.25, 0.3) is 5.91 Å². The third-order valence-corrected chi connectivity index (χ3v) is 4.76. The first-order valence-electron chi connectivity index (χ1n) is 6.31. The van der Waals surface area contributed by atoms with Crippen molar-refractivity contribution in [3.05, 3.63) is 54.5 Å². The van der Waals surface area contributed by atoms with E-state index in [0.29, 0.717) is 15.8 Å². The molecule has 2 N–H and O–H groups in total. The molecule has 0 aliphatic carbocycles. The molecule has 2 rings (SSSR count). The van der Waals surface area contributed by atoms with Crippen molar-refractivity contribution >= 4 is 83.4 Å². The van der Waals surface area contributed by atoms with E-state index >= 15 is 0 Å². The Balaban J connectivity index is 2.12. The predicted molar refractivity (Wildman–Crippen MR) is 111 cm³/mol. The van der Waals surface area contributed by atoms with Crippen LogP contribution in [0.3, 0.4) is 0 Å². The normalized spacial score (nSPS) is 10.1. The smallest absolute Gasteiger partial charge is 0.261 e. The van der Waals surface area contributed by atoms with Gasteiger partial charge in [-0.3, -0.25) is 10.1 Å². The van der Waals surface area contributed by atoms with Crippen LogP contribution in [-0.4, -0.2) is 18.1 Å². The number of hydrogen-bond acceptors (Lipinski definition) is 3. The van der Waals surface area contributed by atoms with Crippen LogP contribution >= 0.6 is 66.7 Å². The van der Waals surface area contributed by atoms with Crippen molar-refractivity contribution in [2.24, 2.45) is 0 Å². The summed E-state index contributed by atoms with van der Waals surface area (Å²) in [4.78, 5) is 12.4. The fourth-order valence-corrected chi connectivity index (χ4v) is 3.76. The number of carbonyl (C=O) groups excluding carboxylic acids is 1. The van der Waals surface area contributed by atoms with Gasteiger partial charge in [-0.05, 0) is 87.1 Å². The average Bonchev–Trinajstić information content (AvgIpc) is 2.48. The van der Waals surface area contributed by atoms with E-state index in [1.54, 1.807) is 12.1 Å². The molecule has 0 spiro atoms. The summed E-state index contributed by atoms with van der Waals surface area (Å²) in [6.45, 7) is 0. The number of benzene rings is 2. The number of methoxy groups -OCH3 is 1. The number of nitrogens with one attached hydrogen (secondary N) is 2. The molecule has 2 aromatic carbocycles. The summed E-state index contributed by atoms with van der Waals surface area (Å²) < 4.78 is 7.82. The number of ether oxygens (including phenoxy) is 1. The maximum absolute atomic E-state index is 12.4. The van der Waals surface area contributed by atoms with Gasteiger partial charge in [0.15, 0.2) is 5.11 Å². The molecule has 0 saturated heterocycles. The Labute approximate surface area is 169 Å². The molecular formula is C15H11Br2IN2O2S. The van der Waals surface area contributed by atoms with Gasteiger partial charge in [0, 0.05) is 13.7 Å². The van der Waals surface area contributed by atoms with Crippen LogP contribution in [-0.2, 0) is 0 Å². The van der Waals surface area contributed by atoms with Gasteiger partial charge < -0.3 is 10.1 Å². The zero-order valence-corrected chi connectivity index (χ0v) is 18.0. The maximum atomic E-state index is 12.4. The van der Waals surface area contributed by atoms with Crippen LogP contribution in [0, 0.1) is 3.57 Å². The standard InChI is InChI=1S/C15H11Br2IN2O2S/c1-22-13-11(6-8(16)7-12(13)17)14(21)20-15(23)19-10-4-2-9(18)3-5-10/h2-7H,1H3,(H2,19,20,21,23). The molecule has 0 unspecified atom stereocenters. The summed E-state index contributed by atoms with van der Waals surface area (Å²) in [5.74, 6) is 0.0922. The summed E-state index contributed by atoms with van der Waals surface area (Å²) in [5, 5.41) is 5.83. The molecule has 23 heavy (non-hydrogen) atoms. The largest absolute Gasteiger partial charge is 0.495 e. The van der Waals surface area contributed by atoms with Crippen molar-refractivity contribution in [1.29, 1.82) is 0 Å². The molecule has 0 heterocycles. The average molecular weight is 570 g/mol. The highest BCUT2D eigenvalue weighted by atomic mass is 127. The molecule has 2 aromatic rings. The Morgan fingerprint density at radius 2 is 1.87 bits per heavy atom. The molecule has 0 atom stereocenters. The summed E-state index contributed by atoms with van der Waals surface area (Å²) in [5.41, 5.74) is 1.18. The molecular weight excluding hydrogens is 559 g/mol. The second-order valence-electron chi connectivity index (χ2n) is 4.38. The first-order chi connectivity index (χ1) is 10.9. The van der Waals surface area contributed by atoms with E-state index in [0.717, 1.165) is 13.7 Å². The zero-order chi connectivity index (χ0) is 17.0. The van der Waals surface area contributed by atoms with Crippen molar-refractivity contribution in [3.63, 3.8) is 0 Å². The highest BCUT2D eigenvalue weighted by molar-refractivity contribution is 14.1. The van der Waals surface area contributed by atoms with Gasteiger partial charge in [-0.1, -0.05) is 15.9 Å². The molecule has 0 bridgehead atoms. The number of carbonyl (C=O) groups is 1. The van der Waals surface area contributed by atoms with Crippen LogP contribution in [0.2, 0.25) is 0 Å². The number of thiocarbonyl (C=S) groups is 1. The lowest BCUT2D eigenvalue weighted by Gasteiger charge is -2.13. The van der Waals surface area contributed by atoms with Crippen molar-refractivity contribution < 1.29 is 9.53 Å². The molecule has 0 fully saturated rings. The summed E-state index contributed by atoms with van der Waals surface area (Å²) in [7, 11) is 1.51. The van der Waals surface area contributed by atoms with Gasteiger partial charge in [-0.25, -0.2) is 0 Å². The fourth-order valence-electron chi connectivity index (χ4n) is 1.80. The van der Waals surface area contributed by atoms with Crippen LogP contribution in [0.25, 0.3) is 0 Å². The van der Waals surface area contributed by atoms with Gasteiger partial charge in [-0.15, -0.1) is 0 Å². The zero-order valence-electron chi connectivity index (χ0n) is 11.8. The summed E-state index contributed by atoms with van der Waals surface area (Å²) in [6.07, 6.45) is 0. The first kappa shape index (κ1) is 18.6. The fraction of sp³-hybridized carbons (Fsp3) is 0.0667. The SMILES string of the molecule is COc1c(Br)cc(Br)cc1C(=O)NC(=S)Nc1ccc(I)cc1. The van der Waals surface area contributed by atoms with Crippen molar-refractivity contribution in [2.75, 3.05) is 12.4 Å². The number of amides is 1. The van der Waals surface area contributed by atoms with Gasteiger partial charge in [0.1, 0.15) is 5.75 Å². The van der Waals surface area contributed by atoms with Crippen molar-refractivity contribution in [3.8, 4) is 5.75 Å². The molecule has 0 saturated carbocycles. The molecule has 0 aliphatic heterocycles. The molecule has 0 radical (unpaired) electrons. The topological polar surface area (TPSA) is 50.4 Å². The van der Waals surface area contributed by atoms with Crippen molar-refractivity contribution in [2.45, 2.75) is 0 Å². The Kier molecular flexibility index (Phi) is 6.81. The van der Waals surface area contributed by atoms with E-state index in [1.807, 2.05) is 24.3 Å². The lowest BCUT2D eigenvalue weighted by Crippen LogP contribution is -2.34. The second kappa shape index (κ2) is 8.41. The van der Waals surface area contributed by atoms with Gasteiger partial charge in [0.2, 0.25) is 0 Å². The van der Waals surface area contributed by atoms with Gasteiger partial charge in [0.05, 0.1) is 17.1 Å². The lowest BCUT2D eigenvalue weighted by molar-refractivity contribution is 0.0974. The lowest BCUT2D eigenvalue weighted by atomic mass is 10.2. The van der Waals surface area contributed by atoms with Crippen LogP contribution in [0.5, 0.6) is 5.75 Å². The third-order valence-electron chi connectivity index (χ3n) is 2.79. The molecule has 8 heteroatoms. The minimum Gasteiger partial charge on any atom is -0.495 e. The van der Waals surface area contributed by atoms with E-state index in [4.69, 9.17) is 17.0 Å². The Hall–Kier alpha value is -0.710. The third kappa shape index (κ3) is 5.13. The molecule has 0 aromatic heterocycles. The number of hydrogen-bond donors (Lipinski definition) is 2. The molecule has 1 amide bonds. The summed E-state index contributed by atoms with van der Waals surface area (Å²) in [6, 6.07) is 11.1. The first-order valence-corrected chi connectivity index (χ1v) is 9.39. The van der Waals surface area contributed by atoms with Gasteiger partial charge >= 0.3 is 0 Å². The predicted octanol–water partition coefficient (Wildman–Crippen LogP) is 4.95. The second-order valence-corrected chi connectivity index (χ2v) is 7.81. The number of rotatable bonds is 3.